The first-order valence-electron chi connectivity index (χ1n) is 5.56. The van der Waals surface area contributed by atoms with Crippen molar-refractivity contribution in [2.75, 3.05) is 0 Å². The van der Waals surface area contributed by atoms with Gasteiger partial charge in [0, 0.05) is 27.2 Å². The van der Waals surface area contributed by atoms with Crippen molar-refractivity contribution in [2.45, 2.75) is 17.2 Å². The molecule has 0 amide bonds. The van der Waals surface area contributed by atoms with Crippen molar-refractivity contribution in [3.8, 4) is 0 Å². The minimum absolute atomic E-state index is 0.181. The first-order valence-corrected chi connectivity index (χ1v) is 7.34. The van der Waals surface area contributed by atoms with Gasteiger partial charge in [-0.3, -0.25) is 0 Å². The lowest BCUT2D eigenvalue weighted by Gasteiger charge is -2.07. The normalized spacial score (nSPS) is 10.6. The van der Waals surface area contributed by atoms with Crippen LogP contribution in [0.5, 0.6) is 0 Å². The molecular formula is C14H13BrFNS. The Morgan fingerprint density at radius 2 is 1.78 bits per heavy atom. The summed E-state index contributed by atoms with van der Waals surface area (Å²) < 4.78 is 15.0. The second-order valence-corrected chi connectivity index (χ2v) is 5.68. The summed E-state index contributed by atoms with van der Waals surface area (Å²) in [6.45, 7) is 0.235. The second-order valence-electron chi connectivity index (χ2n) is 3.81. The van der Waals surface area contributed by atoms with Crippen molar-refractivity contribution in [3.63, 3.8) is 0 Å². The fourth-order valence-electron chi connectivity index (χ4n) is 1.62. The van der Waals surface area contributed by atoms with Crippen LogP contribution in [-0.2, 0) is 12.3 Å². The van der Waals surface area contributed by atoms with Crippen molar-refractivity contribution >= 4 is 27.7 Å². The molecule has 0 aliphatic rings. The highest BCUT2D eigenvalue weighted by Crippen LogP contribution is 2.30. The summed E-state index contributed by atoms with van der Waals surface area (Å²) in [5, 5.41) is 0. The van der Waals surface area contributed by atoms with E-state index in [1.54, 1.807) is 23.9 Å². The molecule has 0 fully saturated rings. The second kappa shape index (κ2) is 6.36. The zero-order valence-corrected chi connectivity index (χ0v) is 12.1. The topological polar surface area (TPSA) is 26.0 Å². The van der Waals surface area contributed by atoms with E-state index in [0.29, 0.717) is 16.9 Å². The first kappa shape index (κ1) is 13.6. The van der Waals surface area contributed by atoms with Crippen LogP contribution < -0.4 is 5.73 Å². The minimum atomic E-state index is -0.181. The Hall–Kier alpha value is -0.840. The van der Waals surface area contributed by atoms with Gasteiger partial charge in [-0.2, -0.15) is 0 Å². The summed E-state index contributed by atoms with van der Waals surface area (Å²) in [6, 6.07) is 13.3. The molecule has 2 aromatic rings. The number of rotatable bonds is 4. The zero-order valence-electron chi connectivity index (χ0n) is 9.70. The molecule has 0 saturated heterocycles. The lowest BCUT2D eigenvalue weighted by Crippen LogP contribution is -2.02. The highest BCUT2D eigenvalue weighted by atomic mass is 79.9. The molecule has 1 nitrogen and oxygen atoms in total. The maximum absolute atomic E-state index is 14.0. The van der Waals surface area contributed by atoms with Gasteiger partial charge in [-0.1, -0.05) is 30.3 Å². The van der Waals surface area contributed by atoms with Crippen molar-refractivity contribution in [1.29, 1.82) is 0 Å². The zero-order chi connectivity index (χ0) is 13.0. The fraction of sp³-hybridized carbons (Fsp3) is 0.143. The Morgan fingerprint density at radius 3 is 2.50 bits per heavy atom. The standard InChI is InChI=1S/C14H13BrFNS/c15-12-6-1-2-7-13(12)18-9-11-5-3-4-10(8-17)14(11)16/h1-7H,8-9,17H2. The Morgan fingerprint density at radius 1 is 1.06 bits per heavy atom. The highest BCUT2D eigenvalue weighted by molar-refractivity contribution is 9.10. The van der Waals surface area contributed by atoms with Gasteiger partial charge in [-0.05, 0) is 33.6 Å². The van der Waals surface area contributed by atoms with Gasteiger partial charge in [0.2, 0.25) is 0 Å². The summed E-state index contributed by atoms with van der Waals surface area (Å²) in [5.41, 5.74) is 6.76. The van der Waals surface area contributed by atoms with Crippen LogP contribution in [0.3, 0.4) is 0 Å². The van der Waals surface area contributed by atoms with E-state index in [1.807, 2.05) is 30.3 Å². The Kier molecular flexibility index (Phi) is 4.80. The molecule has 0 atom stereocenters. The van der Waals surface area contributed by atoms with Gasteiger partial charge in [0.25, 0.3) is 0 Å². The van der Waals surface area contributed by atoms with E-state index in [2.05, 4.69) is 15.9 Å². The van der Waals surface area contributed by atoms with Gasteiger partial charge >= 0.3 is 0 Å². The summed E-state index contributed by atoms with van der Waals surface area (Å²) in [5.74, 6) is 0.419. The van der Waals surface area contributed by atoms with Crippen LogP contribution in [0.15, 0.2) is 51.8 Å². The lowest BCUT2D eigenvalue weighted by molar-refractivity contribution is 0.600. The maximum Gasteiger partial charge on any atom is 0.131 e. The molecule has 0 spiro atoms. The van der Waals surface area contributed by atoms with Crippen molar-refractivity contribution in [1.82, 2.24) is 0 Å². The molecule has 0 aromatic heterocycles. The Labute approximate surface area is 119 Å². The quantitative estimate of drug-likeness (QED) is 0.846. The van der Waals surface area contributed by atoms with E-state index in [1.165, 1.54) is 0 Å². The molecule has 0 saturated carbocycles. The van der Waals surface area contributed by atoms with E-state index in [4.69, 9.17) is 5.73 Å². The first-order chi connectivity index (χ1) is 8.72. The molecule has 0 aliphatic carbocycles. The van der Waals surface area contributed by atoms with E-state index in [-0.39, 0.29) is 12.4 Å². The predicted octanol–water partition coefficient (Wildman–Crippen LogP) is 4.34. The molecular weight excluding hydrogens is 313 g/mol. The third-order valence-corrected chi connectivity index (χ3v) is 4.67. The SMILES string of the molecule is NCc1cccc(CSc2ccccc2Br)c1F. The van der Waals surface area contributed by atoms with Crippen molar-refractivity contribution in [2.24, 2.45) is 5.73 Å². The van der Waals surface area contributed by atoms with Crippen LogP contribution in [0.4, 0.5) is 4.39 Å². The third kappa shape index (κ3) is 3.13. The monoisotopic (exact) mass is 325 g/mol. The van der Waals surface area contributed by atoms with E-state index >= 15 is 0 Å². The number of hydrogen-bond acceptors (Lipinski definition) is 2. The maximum atomic E-state index is 14.0. The molecule has 2 N–H and O–H groups in total. The summed E-state index contributed by atoms with van der Waals surface area (Å²) in [6.07, 6.45) is 0. The molecule has 94 valence electrons. The van der Waals surface area contributed by atoms with Gasteiger partial charge in [0.15, 0.2) is 0 Å². The number of thioether (sulfide) groups is 1. The van der Waals surface area contributed by atoms with Crippen LogP contribution in [0.2, 0.25) is 0 Å². The van der Waals surface area contributed by atoms with Gasteiger partial charge in [0.05, 0.1) is 0 Å². The molecule has 0 aliphatic heterocycles. The third-order valence-electron chi connectivity index (χ3n) is 2.60. The van der Waals surface area contributed by atoms with Crippen LogP contribution >= 0.6 is 27.7 Å². The van der Waals surface area contributed by atoms with Crippen LogP contribution in [0.25, 0.3) is 0 Å². The van der Waals surface area contributed by atoms with Crippen molar-refractivity contribution in [3.05, 3.63) is 63.9 Å². The van der Waals surface area contributed by atoms with Crippen LogP contribution in [0, 0.1) is 5.82 Å². The predicted molar refractivity (Wildman–Crippen MR) is 78.0 cm³/mol. The smallest absolute Gasteiger partial charge is 0.131 e. The van der Waals surface area contributed by atoms with Crippen molar-refractivity contribution < 1.29 is 4.39 Å². The molecule has 18 heavy (non-hydrogen) atoms. The van der Waals surface area contributed by atoms with Gasteiger partial charge in [-0.15, -0.1) is 11.8 Å². The lowest BCUT2D eigenvalue weighted by atomic mass is 10.1. The number of nitrogens with two attached hydrogens (primary N) is 1. The van der Waals surface area contributed by atoms with Gasteiger partial charge in [-0.25, -0.2) is 4.39 Å². The molecule has 0 bridgehead atoms. The Bertz CT molecular complexity index is 545. The number of benzene rings is 2. The molecule has 4 heteroatoms. The molecule has 2 rings (SSSR count). The largest absolute Gasteiger partial charge is 0.326 e. The summed E-state index contributed by atoms with van der Waals surface area (Å²) in [4.78, 5) is 1.11. The van der Waals surface area contributed by atoms with Crippen LogP contribution in [-0.4, -0.2) is 0 Å². The number of halogens is 2. The Balaban J connectivity index is 2.14. The average molecular weight is 326 g/mol. The fourth-order valence-corrected chi connectivity index (χ4v) is 3.16. The van der Waals surface area contributed by atoms with Gasteiger partial charge < -0.3 is 5.73 Å². The summed E-state index contributed by atoms with van der Waals surface area (Å²) >= 11 is 5.09. The van der Waals surface area contributed by atoms with E-state index < -0.39 is 0 Å². The molecule has 0 heterocycles. The molecule has 2 aromatic carbocycles. The van der Waals surface area contributed by atoms with E-state index in [0.717, 1.165) is 9.37 Å². The van der Waals surface area contributed by atoms with Gasteiger partial charge in [0.1, 0.15) is 5.82 Å². The molecule has 0 unspecified atom stereocenters. The van der Waals surface area contributed by atoms with E-state index in [9.17, 15) is 4.39 Å². The average Bonchev–Trinajstić information content (AvgIpc) is 2.39. The number of hydrogen-bond donors (Lipinski definition) is 1. The minimum Gasteiger partial charge on any atom is -0.326 e. The van der Waals surface area contributed by atoms with Crippen LogP contribution in [0.1, 0.15) is 11.1 Å². The highest BCUT2D eigenvalue weighted by Gasteiger charge is 2.08. The summed E-state index contributed by atoms with van der Waals surface area (Å²) in [7, 11) is 0. The molecule has 0 radical (unpaired) electrons.